The van der Waals surface area contributed by atoms with E-state index < -0.39 is 11.4 Å². The average molecular weight is 219 g/mol. The van der Waals surface area contributed by atoms with E-state index in [1.165, 1.54) is 5.56 Å². The lowest BCUT2D eigenvalue weighted by Gasteiger charge is -2.23. The van der Waals surface area contributed by atoms with Crippen LogP contribution in [0.4, 0.5) is 5.69 Å². The highest BCUT2D eigenvalue weighted by molar-refractivity contribution is 5.84. The maximum atomic E-state index is 11.3. The molecule has 0 fully saturated rings. The normalized spacial score (nSPS) is 19.1. The summed E-state index contributed by atoms with van der Waals surface area (Å²) in [5.74, 6) is -0.790. The van der Waals surface area contributed by atoms with Crippen LogP contribution < -0.4 is 5.32 Å². The van der Waals surface area contributed by atoms with E-state index in [4.69, 9.17) is 0 Å². The van der Waals surface area contributed by atoms with Crippen molar-refractivity contribution in [3.63, 3.8) is 0 Å². The van der Waals surface area contributed by atoms with Gasteiger partial charge < -0.3 is 10.4 Å². The summed E-state index contributed by atoms with van der Waals surface area (Å²) in [5, 5.41) is 12.6. The number of aliphatic carboxylic acids is 1. The molecule has 1 aliphatic heterocycles. The molecule has 2 N–H and O–H groups in total. The van der Waals surface area contributed by atoms with Gasteiger partial charge in [-0.15, -0.1) is 0 Å². The zero-order valence-corrected chi connectivity index (χ0v) is 9.87. The van der Waals surface area contributed by atoms with Crippen molar-refractivity contribution in [1.82, 2.24) is 0 Å². The molecule has 3 heteroatoms. The zero-order chi connectivity index (χ0) is 11.9. The van der Waals surface area contributed by atoms with Crippen molar-refractivity contribution in [2.75, 3.05) is 5.32 Å². The number of carbonyl (C=O) groups is 1. The fraction of sp³-hybridized carbons (Fsp3) is 0.462. The van der Waals surface area contributed by atoms with Gasteiger partial charge in [-0.25, -0.2) is 0 Å². The lowest BCUT2D eigenvalue weighted by molar-refractivity contribution is -0.142. The van der Waals surface area contributed by atoms with Crippen LogP contribution in [0, 0.1) is 0 Å². The zero-order valence-electron chi connectivity index (χ0n) is 9.87. The number of anilines is 1. The Morgan fingerprint density at radius 3 is 2.81 bits per heavy atom. The quantitative estimate of drug-likeness (QED) is 0.803. The predicted octanol–water partition coefficient (Wildman–Crippen LogP) is 2.41. The van der Waals surface area contributed by atoms with Gasteiger partial charge in [-0.2, -0.15) is 0 Å². The first kappa shape index (κ1) is 11.0. The summed E-state index contributed by atoms with van der Waals surface area (Å²) >= 11 is 0. The summed E-state index contributed by atoms with van der Waals surface area (Å²) in [6.07, 6.45) is 0.971. The van der Waals surface area contributed by atoms with Gasteiger partial charge in [0.05, 0.1) is 5.41 Å². The molecule has 0 aliphatic carbocycles. The third-order valence-electron chi connectivity index (χ3n) is 3.28. The van der Waals surface area contributed by atoms with E-state index in [9.17, 15) is 9.90 Å². The minimum atomic E-state index is -0.845. The molecule has 0 aromatic heterocycles. The maximum absolute atomic E-state index is 11.3. The Hall–Kier alpha value is -1.51. The van der Waals surface area contributed by atoms with Crippen LogP contribution in [0.5, 0.6) is 0 Å². The van der Waals surface area contributed by atoms with Gasteiger partial charge in [-0.1, -0.05) is 18.2 Å². The van der Waals surface area contributed by atoms with E-state index in [1.807, 2.05) is 12.1 Å². The third-order valence-corrected chi connectivity index (χ3v) is 3.28. The highest BCUT2D eigenvalue weighted by atomic mass is 16.4. The smallest absolute Gasteiger partial charge is 0.313 e. The molecule has 86 valence electrons. The number of carboxylic acids is 1. The van der Waals surface area contributed by atoms with Crippen LogP contribution in [-0.2, 0) is 16.6 Å². The number of carboxylic acid groups (broad SMARTS) is 1. The van der Waals surface area contributed by atoms with Crippen LogP contribution in [0.2, 0.25) is 0 Å². The number of fused-ring (bicyclic) bond motifs is 1. The summed E-state index contributed by atoms with van der Waals surface area (Å²) < 4.78 is 0. The Labute approximate surface area is 95.5 Å². The van der Waals surface area contributed by atoms with Gasteiger partial charge in [0, 0.05) is 11.7 Å². The minimum Gasteiger partial charge on any atom is -0.481 e. The molecule has 1 aromatic rings. The van der Waals surface area contributed by atoms with Gasteiger partial charge in [-0.05, 0) is 38.3 Å². The Morgan fingerprint density at radius 2 is 2.19 bits per heavy atom. The molecule has 1 aromatic carbocycles. The molecule has 0 saturated carbocycles. The Morgan fingerprint density at radius 1 is 1.50 bits per heavy atom. The van der Waals surface area contributed by atoms with Crippen LogP contribution in [0.1, 0.15) is 31.9 Å². The summed E-state index contributed by atoms with van der Waals surface area (Å²) in [6.45, 7) is 5.60. The lowest BCUT2D eigenvalue weighted by atomic mass is 9.83. The highest BCUT2D eigenvalue weighted by Gasteiger charge is 2.34. The van der Waals surface area contributed by atoms with E-state index in [2.05, 4.69) is 18.3 Å². The fourth-order valence-electron chi connectivity index (χ4n) is 2.20. The summed E-state index contributed by atoms with van der Waals surface area (Å²) in [5.41, 5.74) is 2.27. The van der Waals surface area contributed by atoms with E-state index >= 15 is 0 Å². The van der Waals surface area contributed by atoms with Gasteiger partial charge >= 0.3 is 5.97 Å². The summed E-state index contributed by atoms with van der Waals surface area (Å²) in [7, 11) is 0. The van der Waals surface area contributed by atoms with Crippen LogP contribution in [0.25, 0.3) is 0 Å². The van der Waals surface area contributed by atoms with E-state index in [0.717, 1.165) is 17.7 Å². The van der Waals surface area contributed by atoms with Crippen molar-refractivity contribution >= 4 is 11.7 Å². The molecular formula is C13H17NO2. The molecule has 3 nitrogen and oxygen atoms in total. The number of nitrogens with one attached hydrogen (secondary N) is 1. The van der Waals surface area contributed by atoms with E-state index in [0.29, 0.717) is 6.04 Å². The molecule has 1 atom stereocenters. The number of hydrogen-bond acceptors (Lipinski definition) is 2. The van der Waals surface area contributed by atoms with Gasteiger partial charge in [0.25, 0.3) is 0 Å². The molecule has 0 bridgehead atoms. The predicted molar refractivity (Wildman–Crippen MR) is 63.9 cm³/mol. The molecule has 0 saturated heterocycles. The lowest BCUT2D eigenvalue weighted by Crippen LogP contribution is -2.29. The molecule has 16 heavy (non-hydrogen) atoms. The van der Waals surface area contributed by atoms with Crippen LogP contribution >= 0.6 is 0 Å². The van der Waals surface area contributed by atoms with Crippen molar-refractivity contribution in [3.05, 3.63) is 29.3 Å². The molecule has 1 aliphatic rings. The van der Waals surface area contributed by atoms with Crippen molar-refractivity contribution in [3.8, 4) is 0 Å². The largest absolute Gasteiger partial charge is 0.481 e. The van der Waals surface area contributed by atoms with Crippen LogP contribution in [-0.4, -0.2) is 17.1 Å². The Balaban J connectivity index is 2.52. The monoisotopic (exact) mass is 219 g/mol. The highest BCUT2D eigenvalue weighted by Crippen LogP contribution is 2.36. The van der Waals surface area contributed by atoms with E-state index in [-0.39, 0.29) is 0 Å². The third kappa shape index (κ3) is 1.56. The van der Waals surface area contributed by atoms with Gasteiger partial charge in [-0.3, -0.25) is 4.79 Å². The molecular weight excluding hydrogens is 202 g/mol. The summed E-state index contributed by atoms with van der Waals surface area (Å²) in [4.78, 5) is 11.3. The van der Waals surface area contributed by atoms with Crippen molar-refractivity contribution in [2.45, 2.75) is 38.6 Å². The van der Waals surface area contributed by atoms with Crippen molar-refractivity contribution < 1.29 is 9.90 Å². The Kier molecular flexibility index (Phi) is 2.41. The van der Waals surface area contributed by atoms with Crippen LogP contribution in [0.15, 0.2) is 18.2 Å². The molecule has 0 radical (unpaired) electrons. The summed E-state index contributed by atoms with van der Waals surface area (Å²) in [6, 6.07) is 6.30. The fourth-order valence-corrected chi connectivity index (χ4v) is 2.20. The first-order valence-electron chi connectivity index (χ1n) is 5.55. The molecule has 1 unspecified atom stereocenters. The number of rotatable bonds is 2. The first-order valence-corrected chi connectivity index (χ1v) is 5.55. The minimum absolute atomic E-state index is 0.390. The first-order chi connectivity index (χ1) is 7.43. The average Bonchev–Trinajstić information content (AvgIpc) is 2.56. The number of benzene rings is 1. The molecule has 0 amide bonds. The van der Waals surface area contributed by atoms with Gasteiger partial charge in [0.2, 0.25) is 0 Å². The molecule has 2 rings (SSSR count). The number of hydrogen-bond donors (Lipinski definition) is 2. The van der Waals surface area contributed by atoms with Gasteiger partial charge in [0.1, 0.15) is 0 Å². The van der Waals surface area contributed by atoms with Gasteiger partial charge in [0.15, 0.2) is 0 Å². The second-order valence-corrected chi connectivity index (χ2v) is 5.02. The topological polar surface area (TPSA) is 49.3 Å². The van der Waals surface area contributed by atoms with Crippen molar-refractivity contribution in [2.24, 2.45) is 0 Å². The molecule has 0 spiro atoms. The Bertz CT molecular complexity index is 438. The van der Waals surface area contributed by atoms with Crippen molar-refractivity contribution in [1.29, 1.82) is 0 Å². The second kappa shape index (κ2) is 3.51. The maximum Gasteiger partial charge on any atom is 0.313 e. The molecule has 1 heterocycles. The van der Waals surface area contributed by atoms with Crippen LogP contribution in [0.3, 0.4) is 0 Å². The second-order valence-electron chi connectivity index (χ2n) is 5.02. The SMILES string of the molecule is CC1Cc2cccc(C(C)(C)C(=O)O)c2N1. The standard InChI is InChI=1S/C13H17NO2/c1-8-7-9-5-4-6-10(11(9)14-8)13(2,3)12(15)16/h4-6,8,14H,7H2,1-3H3,(H,15,16). The van der Waals surface area contributed by atoms with E-state index in [1.54, 1.807) is 13.8 Å². The number of para-hydroxylation sites is 1.